The standard InChI is InChI=1S/C16H20N2O2/c1-12-9-13-5-3-4-6-14(13)18(12)10-15(19)17-8-7-16(2,20)11-17/h3-6,9,20H,7-8,10-11H2,1-2H3. The van der Waals surface area contributed by atoms with Gasteiger partial charge in [-0.05, 0) is 37.8 Å². The third-order valence-corrected chi connectivity index (χ3v) is 4.12. The Bertz CT molecular complexity index is 658. The zero-order chi connectivity index (χ0) is 14.3. The lowest BCUT2D eigenvalue weighted by Crippen LogP contribution is -2.35. The quantitative estimate of drug-likeness (QED) is 0.908. The minimum Gasteiger partial charge on any atom is -0.388 e. The Balaban J connectivity index is 1.83. The van der Waals surface area contributed by atoms with Crippen molar-refractivity contribution < 1.29 is 9.90 Å². The molecule has 0 radical (unpaired) electrons. The Kier molecular flexibility index (Phi) is 3.05. The molecule has 106 valence electrons. The summed E-state index contributed by atoms with van der Waals surface area (Å²) >= 11 is 0. The van der Waals surface area contributed by atoms with Crippen LogP contribution in [0.15, 0.2) is 30.3 Å². The first kappa shape index (κ1) is 13.2. The molecule has 1 atom stereocenters. The summed E-state index contributed by atoms with van der Waals surface area (Å²) in [5.74, 6) is 0.0761. The van der Waals surface area contributed by atoms with E-state index in [4.69, 9.17) is 0 Å². The van der Waals surface area contributed by atoms with Crippen LogP contribution in [0.5, 0.6) is 0 Å². The number of fused-ring (bicyclic) bond motifs is 1. The molecule has 1 fully saturated rings. The molecule has 1 N–H and O–H groups in total. The summed E-state index contributed by atoms with van der Waals surface area (Å²) in [6.45, 7) is 5.23. The lowest BCUT2D eigenvalue weighted by Gasteiger charge is -2.20. The van der Waals surface area contributed by atoms with Gasteiger partial charge in [-0.25, -0.2) is 0 Å². The minimum atomic E-state index is -0.733. The summed E-state index contributed by atoms with van der Waals surface area (Å²) in [5.41, 5.74) is 1.44. The number of para-hydroxylation sites is 1. The van der Waals surface area contributed by atoms with Crippen LogP contribution in [0.3, 0.4) is 0 Å². The fourth-order valence-electron chi connectivity index (χ4n) is 2.95. The highest BCUT2D eigenvalue weighted by atomic mass is 16.3. The van der Waals surface area contributed by atoms with E-state index >= 15 is 0 Å². The fourth-order valence-corrected chi connectivity index (χ4v) is 2.95. The maximum Gasteiger partial charge on any atom is 0.242 e. The Labute approximate surface area is 118 Å². The SMILES string of the molecule is Cc1cc2ccccc2n1CC(=O)N1CCC(C)(O)C1. The number of aliphatic hydroxyl groups is 1. The number of carbonyl (C=O) groups is 1. The Hall–Kier alpha value is -1.81. The van der Waals surface area contributed by atoms with E-state index < -0.39 is 5.60 Å². The fraction of sp³-hybridized carbons (Fsp3) is 0.438. The summed E-state index contributed by atoms with van der Waals surface area (Å²) in [6.07, 6.45) is 0.657. The molecular formula is C16H20N2O2. The highest BCUT2D eigenvalue weighted by Gasteiger charge is 2.33. The molecule has 0 spiro atoms. The zero-order valence-electron chi connectivity index (χ0n) is 12.0. The van der Waals surface area contributed by atoms with Crippen molar-refractivity contribution in [1.82, 2.24) is 9.47 Å². The van der Waals surface area contributed by atoms with E-state index in [1.807, 2.05) is 29.7 Å². The molecule has 2 heterocycles. The molecule has 4 nitrogen and oxygen atoms in total. The van der Waals surface area contributed by atoms with E-state index in [1.54, 1.807) is 11.8 Å². The normalized spacial score (nSPS) is 22.6. The number of amides is 1. The number of benzene rings is 1. The molecule has 1 unspecified atom stereocenters. The second-order valence-electron chi connectivity index (χ2n) is 5.99. The molecule has 0 bridgehead atoms. The maximum atomic E-state index is 12.4. The largest absolute Gasteiger partial charge is 0.388 e. The smallest absolute Gasteiger partial charge is 0.242 e. The molecule has 2 aromatic rings. The van der Waals surface area contributed by atoms with Crippen LogP contribution in [0.2, 0.25) is 0 Å². The van der Waals surface area contributed by atoms with Gasteiger partial charge >= 0.3 is 0 Å². The van der Waals surface area contributed by atoms with Crippen molar-refractivity contribution in [2.75, 3.05) is 13.1 Å². The van der Waals surface area contributed by atoms with E-state index in [9.17, 15) is 9.90 Å². The average Bonchev–Trinajstić information content (AvgIpc) is 2.91. The number of carbonyl (C=O) groups excluding carboxylic acids is 1. The number of β-amino-alcohol motifs (C(OH)–C–C–N with tert-alkyl or cyclic N) is 1. The van der Waals surface area contributed by atoms with Crippen LogP contribution in [0.1, 0.15) is 19.0 Å². The van der Waals surface area contributed by atoms with Crippen molar-refractivity contribution >= 4 is 16.8 Å². The zero-order valence-corrected chi connectivity index (χ0v) is 12.0. The molecule has 0 saturated carbocycles. The first-order valence-corrected chi connectivity index (χ1v) is 7.01. The van der Waals surface area contributed by atoms with E-state index in [0.29, 0.717) is 26.1 Å². The lowest BCUT2D eigenvalue weighted by atomic mass is 10.1. The van der Waals surface area contributed by atoms with Crippen molar-refractivity contribution in [2.24, 2.45) is 0 Å². The van der Waals surface area contributed by atoms with E-state index in [2.05, 4.69) is 12.1 Å². The second kappa shape index (κ2) is 4.63. The van der Waals surface area contributed by atoms with E-state index in [1.165, 1.54) is 0 Å². The Morgan fingerprint density at radius 1 is 1.40 bits per heavy atom. The van der Waals surface area contributed by atoms with Gasteiger partial charge in [-0.2, -0.15) is 0 Å². The number of nitrogens with zero attached hydrogens (tertiary/aromatic N) is 2. The molecule has 4 heteroatoms. The first-order valence-electron chi connectivity index (χ1n) is 7.01. The predicted molar refractivity (Wildman–Crippen MR) is 78.5 cm³/mol. The summed E-state index contributed by atoms with van der Waals surface area (Å²) < 4.78 is 2.05. The molecule has 0 aliphatic carbocycles. The summed E-state index contributed by atoms with van der Waals surface area (Å²) in [5, 5.41) is 11.1. The van der Waals surface area contributed by atoms with Gasteiger partial charge in [0, 0.05) is 24.3 Å². The van der Waals surface area contributed by atoms with Crippen molar-refractivity contribution in [3.05, 3.63) is 36.0 Å². The Morgan fingerprint density at radius 2 is 2.15 bits per heavy atom. The number of hydrogen-bond acceptors (Lipinski definition) is 2. The molecule has 1 aromatic heterocycles. The first-order chi connectivity index (χ1) is 9.46. The predicted octanol–water partition coefficient (Wildman–Crippen LogP) is 1.93. The summed E-state index contributed by atoms with van der Waals surface area (Å²) in [6, 6.07) is 10.2. The van der Waals surface area contributed by atoms with Crippen LogP contribution in [-0.2, 0) is 11.3 Å². The van der Waals surface area contributed by atoms with Gasteiger partial charge in [0.05, 0.1) is 5.60 Å². The van der Waals surface area contributed by atoms with Crippen LogP contribution in [0, 0.1) is 6.92 Å². The molecule has 1 aliphatic rings. The van der Waals surface area contributed by atoms with Gasteiger partial charge in [0.25, 0.3) is 0 Å². The minimum absolute atomic E-state index is 0.0761. The maximum absolute atomic E-state index is 12.4. The van der Waals surface area contributed by atoms with Crippen LogP contribution >= 0.6 is 0 Å². The van der Waals surface area contributed by atoms with Gasteiger partial charge in [0.15, 0.2) is 0 Å². The van der Waals surface area contributed by atoms with Gasteiger partial charge in [0.2, 0.25) is 5.91 Å². The van der Waals surface area contributed by atoms with Crippen LogP contribution in [0.4, 0.5) is 0 Å². The van der Waals surface area contributed by atoms with Crippen molar-refractivity contribution in [2.45, 2.75) is 32.4 Å². The molecule has 1 saturated heterocycles. The third-order valence-electron chi connectivity index (χ3n) is 4.12. The summed E-state index contributed by atoms with van der Waals surface area (Å²) in [7, 11) is 0. The molecule has 1 aliphatic heterocycles. The van der Waals surface area contributed by atoms with Crippen LogP contribution < -0.4 is 0 Å². The van der Waals surface area contributed by atoms with Crippen molar-refractivity contribution in [3.63, 3.8) is 0 Å². The number of likely N-dealkylation sites (tertiary alicyclic amines) is 1. The van der Waals surface area contributed by atoms with Crippen LogP contribution in [0.25, 0.3) is 10.9 Å². The summed E-state index contributed by atoms with van der Waals surface area (Å²) in [4.78, 5) is 14.1. The highest BCUT2D eigenvalue weighted by molar-refractivity contribution is 5.84. The number of hydrogen-bond donors (Lipinski definition) is 1. The topological polar surface area (TPSA) is 45.5 Å². The third kappa shape index (κ3) is 2.31. The van der Waals surface area contributed by atoms with E-state index in [0.717, 1.165) is 16.6 Å². The van der Waals surface area contributed by atoms with Crippen molar-refractivity contribution in [1.29, 1.82) is 0 Å². The molecule has 1 amide bonds. The lowest BCUT2D eigenvalue weighted by molar-refractivity contribution is -0.131. The van der Waals surface area contributed by atoms with Gasteiger partial charge in [-0.15, -0.1) is 0 Å². The number of aryl methyl sites for hydroxylation is 1. The number of aromatic nitrogens is 1. The van der Waals surface area contributed by atoms with Gasteiger partial charge in [-0.3, -0.25) is 4.79 Å². The van der Waals surface area contributed by atoms with Crippen molar-refractivity contribution in [3.8, 4) is 0 Å². The average molecular weight is 272 g/mol. The highest BCUT2D eigenvalue weighted by Crippen LogP contribution is 2.22. The van der Waals surface area contributed by atoms with Gasteiger partial charge < -0.3 is 14.6 Å². The van der Waals surface area contributed by atoms with Gasteiger partial charge in [-0.1, -0.05) is 18.2 Å². The Morgan fingerprint density at radius 3 is 2.85 bits per heavy atom. The van der Waals surface area contributed by atoms with Gasteiger partial charge in [0.1, 0.15) is 6.54 Å². The second-order valence-corrected chi connectivity index (χ2v) is 5.99. The molecule has 3 rings (SSSR count). The molecular weight excluding hydrogens is 252 g/mol. The van der Waals surface area contributed by atoms with Crippen LogP contribution in [-0.4, -0.2) is 39.2 Å². The molecule has 1 aromatic carbocycles. The monoisotopic (exact) mass is 272 g/mol. The van der Waals surface area contributed by atoms with E-state index in [-0.39, 0.29) is 5.91 Å². The number of rotatable bonds is 2. The molecule has 20 heavy (non-hydrogen) atoms.